The van der Waals surface area contributed by atoms with Crippen molar-refractivity contribution in [3.05, 3.63) is 90.3 Å². The summed E-state index contributed by atoms with van der Waals surface area (Å²) in [5.74, 6) is -2.19. The number of piperidine rings is 1. The molecule has 0 unspecified atom stereocenters. The monoisotopic (exact) mass is 1050 g/mol. The van der Waals surface area contributed by atoms with Crippen molar-refractivity contribution in [1.29, 1.82) is 0 Å². The molecule has 3 fully saturated rings. The summed E-state index contributed by atoms with van der Waals surface area (Å²) >= 11 is 0. The predicted molar refractivity (Wildman–Crippen MR) is 295 cm³/mol. The first-order valence-corrected chi connectivity index (χ1v) is 23.7. The van der Waals surface area contributed by atoms with Gasteiger partial charge in [0.1, 0.15) is 24.9 Å². The smallest absolute Gasteiger partial charge is 0.324 e. The molecule has 6 heterocycles. The summed E-state index contributed by atoms with van der Waals surface area (Å²) in [7, 11) is 1.69. The average molecular weight is 1050 g/mol. The van der Waals surface area contributed by atoms with E-state index in [4.69, 9.17) is 19.2 Å². The van der Waals surface area contributed by atoms with E-state index >= 15 is 0 Å². The van der Waals surface area contributed by atoms with E-state index in [1.54, 1.807) is 18.2 Å². The minimum absolute atomic E-state index is 0. The van der Waals surface area contributed by atoms with Crippen molar-refractivity contribution < 1.29 is 38.2 Å². The highest BCUT2D eigenvalue weighted by Crippen LogP contribution is 2.42. The van der Waals surface area contributed by atoms with Crippen LogP contribution in [-0.2, 0) is 57.6 Å². The lowest BCUT2D eigenvalue weighted by atomic mass is 9.84. The molecule has 2 aromatic carbocycles. The quantitative estimate of drug-likeness (QED) is 0.138. The standard InChI is InChI=1S/C52H65N7O8.4H2S/c1-9-43(60)56-24-20-52(21-25-56)50(64)58(31-67-52)45(32(3)4)47(61)54-41-27-34-14-11-15-35(26-34)36-18-19-42-38(28-36)39(46(57(42)10-2)37-16-12-22-53-44(37)33(5)65-8)29-51(6,7)30-66-49(63)40-17-13-23-59(55-40)48(41)62;;;;/h9,11-12,14-16,18-19,22,26,28,32-33,40-41,45,55H,1,10,13,17,20-21,23-25,27,29-31H2,2-8H3,(H,54,61);4*1H2/t33-,40-,41-,45-;;;;/m0..../s1. The highest BCUT2D eigenvalue weighted by atomic mass is 32.1. The second-order valence-electron chi connectivity index (χ2n) is 19.6. The number of cyclic esters (lactones) is 1. The molecule has 4 atom stereocenters. The highest BCUT2D eigenvalue weighted by molar-refractivity contribution is 7.59. The number of hydrogen-bond acceptors (Lipinski definition) is 10. The number of carbonyl (C=O) groups is 5. The van der Waals surface area contributed by atoms with E-state index in [9.17, 15) is 24.0 Å². The number of pyridine rings is 1. The van der Waals surface area contributed by atoms with Crippen LogP contribution in [0.1, 0.15) is 90.2 Å². The topological polar surface area (TPSA) is 165 Å². The molecule has 15 nitrogen and oxygen atoms in total. The first-order chi connectivity index (χ1) is 32.1. The lowest BCUT2D eigenvalue weighted by Crippen LogP contribution is -2.62. The Balaban J connectivity index is 0.00000274. The number of likely N-dealkylation sites (tertiary alicyclic amines) is 1. The van der Waals surface area contributed by atoms with Crippen LogP contribution in [0.25, 0.3) is 33.3 Å². The van der Waals surface area contributed by atoms with Crippen molar-refractivity contribution in [3.63, 3.8) is 0 Å². The number of amides is 4. The van der Waals surface area contributed by atoms with Gasteiger partial charge < -0.3 is 33.9 Å². The van der Waals surface area contributed by atoms with Crippen LogP contribution < -0.4 is 10.7 Å². The SMILES string of the molecule is C=CC(=O)N1CCC2(CC1)OCN([C@H](C(=O)N[C@H]1Cc3cccc(c3)-c3ccc4c(c3)c(c(-c3cccnc3[C@H](C)OC)n4CC)CC(C)(C)COC(=O)[C@@H]3CCCN(N3)C1=O)C(C)C)C2=O.S.S.S.S. The summed E-state index contributed by atoms with van der Waals surface area (Å²) in [5.41, 5.74) is 9.29. The summed E-state index contributed by atoms with van der Waals surface area (Å²) in [6.07, 6.45) is 5.13. The molecule has 19 heteroatoms. The Labute approximate surface area is 445 Å². The molecule has 4 aromatic rings. The van der Waals surface area contributed by atoms with Gasteiger partial charge in [0.15, 0.2) is 5.60 Å². The molecule has 2 aromatic heterocycles. The van der Waals surface area contributed by atoms with Crippen LogP contribution >= 0.6 is 54.0 Å². The number of hydrazine groups is 1. The van der Waals surface area contributed by atoms with Gasteiger partial charge in [-0.1, -0.05) is 64.6 Å². The third-order valence-corrected chi connectivity index (χ3v) is 14.1. The number of esters is 1. The number of fused-ring (bicyclic) bond motifs is 6. The molecule has 0 radical (unpaired) electrons. The fourth-order valence-corrected chi connectivity index (χ4v) is 10.4. The molecule has 4 aliphatic heterocycles. The number of nitrogens with zero attached hydrogens (tertiary/aromatic N) is 5. The van der Waals surface area contributed by atoms with E-state index in [2.05, 4.69) is 79.1 Å². The Kier molecular flexibility index (Phi) is 20.4. The zero-order valence-electron chi connectivity index (χ0n) is 41.9. The van der Waals surface area contributed by atoms with Gasteiger partial charge >= 0.3 is 5.97 Å². The van der Waals surface area contributed by atoms with Gasteiger partial charge in [0.25, 0.3) is 11.8 Å². The van der Waals surface area contributed by atoms with Crippen LogP contribution in [0, 0.1) is 11.3 Å². The lowest BCUT2D eigenvalue weighted by molar-refractivity contribution is -0.155. The molecule has 2 N–H and O–H groups in total. The Morgan fingerprint density at radius 3 is 2.38 bits per heavy atom. The second-order valence-corrected chi connectivity index (χ2v) is 19.6. The molecule has 1 spiro atoms. The van der Waals surface area contributed by atoms with Crippen LogP contribution in [0.3, 0.4) is 0 Å². The Morgan fingerprint density at radius 1 is 0.986 bits per heavy atom. The van der Waals surface area contributed by atoms with E-state index in [0.29, 0.717) is 58.3 Å². The number of carbonyl (C=O) groups excluding carboxylic acids is 5. The van der Waals surface area contributed by atoms with E-state index in [1.165, 1.54) is 16.0 Å². The number of nitrogens with one attached hydrogen (secondary N) is 2. The molecule has 4 aliphatic rings. The maximum atomic E-state index is 14.8. The maximum absolute atomic E-state index is 14.8. The van der Waals surface area contributed by atoms with Crippen molar-refractivity contribution in [2.45, 2.75) is 116 Å². The van der Waals surface area contributed by atoms with Crippen LogP contribution in [0.5, 0.6) is 0 Å². The summed E-state index contributed by atoms with van der Waals surface area (Å²) in [5, 5.41) is 5.58. The maximum Gasteiger partial charge on any atom is 0.324 e. The zero-order valence-corrected chi connectivity index (χ0v) is 45.9. The van der Waals surface area contributed by atoms with Gasteiger partial charge in [-0.2, -0.15) is 54.0 Å². The number of hydrogen-bond donors (Lipinski definition) is 2. The van der Waals surface area contributed by atoms with E-state index in [0.717, 1.165) is 50.1 Å². The van der Waals surface area contributed by atoms with Gasteiger partial charge in [0.2, 0.25) is 11.8 Å². The molecule has 71 heavy (non-hydrogen) atoms. The minimum atomic E-state index is -1.15. The van der Waals surface area contributed by atoms with Crippen LogP contribution in [0.15, 0.2) is 73.4 Å². The Morgan fingerprint density at radius 2 is 1.70 bits per heavy atom. The molecule has 4 amide bonds. The van der Waals surface area contributed by atoms with Gasteiger partial charge in [0.05, 0.1) is 24.1 Å². The van der Waals surface area contributed by atoms with E-state index < -0.39 is 46.9 Å². The van der Waals surface area contributed by atoms with Crippen LogP contribution in [-0.4, -0.2) is 118 Å². The number of aromatic nitrogens is 2. The Hall–Kier alpha value is -4.50. The van der Waals surface area contributed by atoms with E-state index in [-0.39, 0.29) is 97.6 Å². The minimum Gasteiger partial charge on any atom is -0.464 e. The number of methoxy groups -OCH3 is 1. The lowest BCUT2D eigenvalue weighted by Gasteiger charge is -2.38. The third-order valence-electron chi connectivity index (χ3n) is 14.1. The Bertz CT molecular complexity index is 2580. The van der Waals surface area contributed by atoms with Gasteiger partial charge in [0, 0.05) is 80.6 Å². The summed E-state index contributed by atoms with van der Waals surface area (Å²) in [4.78, 5) is 77.9. The second kappa shape index (κ2) is 24.5. The third kappa shape index (κ3) is 12.0. The summed E-state index contributed by atoms with van der Waals surface area (Å²) in [6.45, 7) is 17.4. The molecule has 0 aliphatic carbocycles. The van der Waals surface area contributed by atoms with E-state index in [1.807, 2.05) is 39.0 Å². The highest BCUT2D eigenvalue weighted by Gasteiger charge is 2.53. The average Bonchev–Trinajstić information content (AvgIpc) is 3.80. The number of aryl methyl sites for hydroxylation is 1. The normalized spacial score (nSPS) is 20.6. The molecule has 388 valence electrons. The molecule has 3 saturated heterocycles. The molecule has 6 bridgehead atoms. The molecular formula is C52H73N7O8S4. The molecule has 0 saturated carbocycles. The van der Waals surface area contributed by atoms with Crippen LogP contribution in [0.4, 0.5) is 0 Å². The molecular weight excluding hydrogens is 979 g/mol. The molecule has 8 rings (SSSR count). The number of benzene rings is 2. The first kappa shape index (κ1) is 59.1. The number of ether oxygens (including phenoxy) is 3. The zero-order chi connectivity index (χ0) is 47.8. The largest absolute Gasteiger partial charge is 0.464 e. The predicted octanol–water partition coefficient (Wildman–Crippen LogP) is 6.59. The first-order valence-electron chi connectivity index (χ1n) is 23.7. The van der Waals surface area contributed by atoms with Crippen molar-refractivity contribution in [2.75, 3.05) is 40.1 Å². The van der Waals surface area contributed by atoms with Gasteiger partial charge in [-0.15, -0.1) is 0 Å². The number of rotatable bonds is 9. The van der Waals surface area contributed by atoms with Crippen molar-refractivity contribution >= 4 is 94.5 Å². The van der Waals surface area contributed by atoms with Crippen molar-refractivity contribution in [1.82, 2.24) is 35.1 Å². The van der Waals surface area contributed by atoms with Gasteiger partial charge in [-0.25, -0.2) is 5.43 Å². The van der Waals surface area contributed by atoms with Crippen molar-refractivity contribution in [3.8, 4) is 22.4 Å². The van der Waals surface area contributed by atoms with Crippen molar-refractivity contribution in [2.24, 2.45) is 11.3 Å². The van der Waals surface area contributed by atoms with Gasteiger partial charge in [-0.05, 0) is 91.6 Å². The fourth-order valence-electron chi connectivity index (χ4n) is 10.4. The van der Waals surface area contributed by atoms with Gasteiger partial charge in [-0.3, -0.25) is 34.0 Å². The summed E-state index contributed by atoms with van der Waals surface area (Å²) in [6, 6.07) is 15.8. The van der Waals surface area contributed by atoms with Crippen LogP contribution in [0.2, 0.25) is 0 Å². The fraction of sp³-hybridized carbons (Fsp3) is 0.500. The summed E-state index contributed by atoms with van der Waals surface area (Å²) < 4.78 is 20.5.